The molecule has 1 aromatic carbocycles. The molecule has 4 aliphatic heterocycles. The van der Waals surface area contributed by atoms with Crippen LogP contribution in [0.4, 0.5) is 5.69 Å². The number of carbonyl (C=O) groups excluding carboxylic acids is 1. The van der Waals surface area contributed by atoms with Gasteiger partial charge in [0.25, 0.3) is 0 Å². The van der Waals surface area contributed by atoms with Gasteiger partial charge in [0.2, 0.25) is 5.91 Å². The Balaban J connectivity index is 1.60. The van der Waals surface area contributed by atoms with Gasteiger partial charge in [-0.1, -0.05) is 18.2 Å². The third-order valence-corrected chi connectivity index (χ3v) is 8.26. The van der Waals surface area contributed by atoms with Crippen molar-refractivity contribution in [2.75, 3.05) is 24.6 Å². The Morgan fingerprint density at radius 3 is 2.92 bits per heavy atom. The molecule has 2 bridgehead atoms. The van der Waals surface area contributed by atoms with Crippen molar-refractivity contribution in [3.63, 3.8) is 0 Å². The molecule has 4 nitrogen and oxygen atoms in total. The van der Waals surface area contributed by atoms with Crippen molar-refractivity contribution in [3.8, 4) is 0 Å². The van der Waals surface area contributed by atoms with Crippen LogP contribution < -0.4 is 4.90 Å². The first-order valence-corrected chi connectivity index (χ1v) is 9.88. The van der Waals surface area contributed by atoms with E-state index in [-0.39, 0.29) is 17.4 Å². The highest BCUT2D eigenvalue weighted by Gasteiger charge is 2.69. The predicted molar refractivity (Wildman–Crippen MR) is 95.5 cm³/mol. The van der Waals surface area contributed by atoms with Gasteiger partial charge in [-0.2, -0.15) is 0 Å². The highest BCUT2D eigenvalue weighted by molar-refractivity contribution is 5.96. The average molecular weight is 338 g/mol. The summed E-state index contributed by atoms with van der Waals surface area (Å²) in [5.74, 6) is 2.01. The molecule has 4 fully saturated rings. The molecule has 1 aliphatic carbocycles. The molecule has 0 radical (unpaired) electrons. The second-order valence-electron chi connectivity index (χ2n) is 8.92. The fourth-order valence-corrected chi connectivity index (χ4v) is 7.43. The topological polar surface area (TPSA) is 32.8 Å². The van der Waals surface area contributed by atoms with Crippen LogP contribution in [0.2, 0.25) is 0 Å². The van der Waals surface area contributed by atoms with E-state index in [0.717, 1.165) is 6.61 Å². The van der Waals surface area contributed by atoms with Gasteiger partial charge in [0.1, 0.15) is 0 Å². The number of hydrogen-bond donors (Lipinski definition) is 0. The molecule has 132 valence electrons. The first kappa shape index (κ1) is 14.7. The van der Waals surface area contributed by atoms with Crippen molar-refractivity contribution in [2.45, 2.75) is 50.3 Å². The van der Waals surface area contributed by atoms with Crippen molar-refractivity contribution >= 4 is 11.6 Å². The van der Waals surface area contributed by atoms with Gasteiger partial charge in [0, 0.05) is 42.4 Å². The van der Waals surface area contributed by atoms with Crippen molar-refractivity contribution in [2.24, 2.45) is 17.8 Å². The van der Waals surface area contributed by atoms with Crippen molar-refractivity contribution in [3.05, 3.63) is 29.8 Å². The molecular formula is C21H26N2O2. The number of para-hydroxylation sites is 1. The molecule has 1 aromatic rings. The minimum Gasteiger partial charge on any atom is -0.378 e. The Kier molecular flexibility index (Phi) is 2.75. The molecule has 7 unspecified atom stereocenters. The number of nitrogens with zero attached hydrogens (tertiary/aromatic N) is 2. The monoisotopic (exact) mass is 338 g/mol. The zero-order valence-electron chi connectivity index (χ0n) is 15.0. The van der Waals surface area contributed by atoms with Crippen LogP contribution in [0.25, 0.3) is 0 Å². The zero-order chi connectivity index (χ0) is 16.9. The molecule has 4 heterocycles. The summed E-state index contributed by atoms with van der Waals surface area (Å²) in [4.78, 5) is 17.6. The highest BCUT2D eigenvalue weighted by atomic mass is 16.5. The first-order valence-electron chi connectivity index (χ1n) is 9.88. The Morgan fingerprint density at radius 1 is 1.24 bits per heavy atom. The molecule has 25 heavy (non-hydrogen) atoms. The minimum absolute atomic E-state index is 0.123. The van der Waals surface area contributed by atoms with E-state index in [1.54, 1.807) is 6.92 Å². The zero-order valence-corrected chi connectivity index (χ0v) is 15.0. The Labute approximate surface area is 149 Å². The fraction of sp³-hybridized carbons (Fsp3) is 0.667. The lowest BCUT2D eigenvalue weighted by Crippen LogP contribution is -2.69. The number of hydrogen-bond acceptors (Lipinski definition) is 3. The normalized spacial score (nSPS) is 46.7. The number of fused-ring (bicyclic) bond motifs is 2. The van der Waals surface area contributed by atoms with Gasteiger partial charge < -0.3 is 9.64 Å². The highest BCUT2D eigenvalue weighted by Crippen LogP contribution is 2.64. The Hall–Kier alpha value is -1.39. The van der Waals surface area contributed by atoms with Crippen LogP contribution >= 0.6 is 0 Å². The summed E-state index contributed by atoms with van der Waals surface area (Å²) in [5.41, 5.74) is 2.72. The van der Waals surface area contributed by atoms with Gasteiger partial charge >= 0.3 is 0 Å². The van der Waals surface area contributed by atoms with Crippen molar-refractivity contribution in [1.82, 2.24) is 4.90 Å². The van der Waals surface area contributed by atoms with E-state index >= 15 is 0 Å². The van der Waals surface area contributed by atoms with Crippen LogP contribution in [0.3, 0.4) is 0 Å². The lowest BCUT2D eigenvalue weighted by Gasteiger charge is -2.60. The number of amides is 1. The average Bonchev–Trinajstić information content (AvgIpc) is 3.14. The third-order valence-electron chi connectivity index (χ3n) is 8.26. The number of anilines is 1. The number of ether oxygens (including phenoxy) is 1. The second kappa shape index (κ2) is 4.66. The fourth-order valence-electron chi connectivity index (χ4n) is 7.43. The summed E-state index contributed by atoms with van der Waals surface area (Å²) >= 11 is 0. The minimum atomic E-state index is 0.123. The molecule has 1 amide bonds. The lowest BCUT2D eigenvalue weighted by molar-refractivity contribution is -0.153. The summed E-state index contributed by atoms with van der Waals surface area (Å²) in [5, 5.41) is 0. The molecule has 7 atom stereocenters. The molecule has 0 aromatic heterocycles. The standard InChI is InChI=1S/C21H26N2O2/c1-12-15-10-22-8-7-21-17-5-3-4-6-18(17)23(13(2)24)20(21)16(11-25-12)14(15)9-19(21)22/h3-6,12,14-16,19-20H,7-11H2,1-2H3. The molecule has 4 heteroatoms. The maximum atomic E-state index is 12.8. The Bertz CT molecular complexity index is 764. The van der Waals surface area contributed by atoms with Crippen LogP contribution in [0.5, 0.6) is 0 Å². The second-order valence-corrected chi connectivity index (χ2v) is 8.92. The van der Waals surface area contributed by atoms with Crippen LogP contribution in [-0.4, -0.2) is 48.7 Å². The van der Waals surface area contributed by atoms with Crippen LogP contribution in [0.15, 0.2) is 24.3 Å². The summed E-state index contributed by atoms with van der Waals surface area (Å²) < 4.78 is 6.27. The maximum Gasteiger partial charge on any atom is 0.224 e. The largest absolute Gasteiger partial charge is 0.378 e. The van der Waals surface area contributed by atoms with Crippen molar-refractivity contribution in [1.29, 1.82) is 0 Å². The lowest BCUT2D eigenvalue weighted by atomic mass is 9.53. The van der Waals surface area contributed by atoms with Gasteiger partial charge in [0.05, 0.1) is 18.8 Å². The van der Waals surface area contributed by atoms with E-state index in [0.29, 0.717) is 29.9 Å². The van der Waals surface area contributed by atoms with E-state index < -0.39 is 0 Å². The van der Waals surface area contributed by atoms with Gasteiger partial charge in [-0.05, 0) is 43.9 Å². The van der Waals surface area contributed by atoms with E-state index in [9.17, 15) is 4.79 Å². The summed E-state index contributed by atoms with van der Waals surface area (Å²) in [7, 11) is 0. The summed E-state index contributed by atoms with van der Waals surface area (Å²) in [6.07, 6.45) is 2.83. The number of rotatable bonds is 0. The molecule has 5 aliphatic rings. The number of benzene rings is 1. The van der Waals surface area contributed by atoms with Crippen molar-refractivity contribution < 1.29 is 9.53 Å². The van der Waals surface area contributed by atoms with Crippen LogP contribution in [-0.2, 0) is 14.9 Å². The molecule has 1 spiro atoms. The molecule has 6 rings (SSSR count). The number of carbonyl (C=O) groups is 1. The Morgan fingerprint density at radius 2 is 2.08 bits per heavy atom. The smallest absolute Gasteiger partial charge is 0.224 e. The van der Waals surface area contributed by atoms with Crippen LogP contribution in [0.1, 0.15) is 32.3 Å². The molecule has 3 saturated heterocycles. The maximum absolute atomic E-state index is 12.8. The SMILES string of the molecule is CC(=O)N1c2ccccc2C23CCN4CC5C(C)OCC(C5CC42)C13. The predicted octanol–water partition coefficient (Wildman–Crippen LogP) is 2.42. The van der Waals surface area contributed by atoms with Crippen LogP contribution in [0, 0.1) is 17.8 Å². The molecular weight excluding hydrogens is 312 g/mol. The third kappa shape index (κ3) is 1.55. The first-order chi connectivity index (χ1) is 12.1. The molecule has 0 N–H and O–H groups in total. The van der Waals surface area contributed by atoms with Gasteiger partial charge in [-0.15, -0.1) is 0 Å². The van der Waals surface area contributed by atoms with Gasteiger partial charge in [-0.25, -0.2) is 0 Å². The van der Waals surface area contributed by atoms with E-state index in [4.69, 9.17) is 4.74 Å². The van der Waals surface area contributed by atoms with E-state index in [2.05, 4.69) is 41.0 Å². The van der Waals surface area contributed by atoms with Gasteiger partial charge in [-0.3, -0.25) is 9.69 Å². The van der Waals surface area contributed by atoms with E-state index in [1.807, 2.05) is 0 Å². The molecule has 1 saturated carbocycles. The van der Waals surface area contributed by atoms with E-state index in [1.165, 1.54) is 37.2 Å². The van der Waals surface area contributed by atoms with Gasteiger partial charge in [0.15, 0.2) is 0 Å². The summed E-state index contributed by atoms with van der Waals surface area (Å²) in [6.45, 7) is 7.18. The number of piperidine rings is 1. The quantitative estimate of drug-likeness (QED) is 0.728. The summed E-state index contributed by atoms with van der Waals surface area (Å²) in [6, 6.07) is 9.60.